The van der Waals surface area contributed by atoms with Crippen LogP contribution in [-0.4, -0.2) is 74.2 Å². The van der Waals surface area contributed by atoms with E-state index in [1.54, 1.807) is 19.0 Å². The molecule has 2 aromatic carbocycles. The molecule has 0 radical (unpaired) electrons. The van der Waals surface area contributed by atoms with Gasteiger partial charge in [-0.25, -0.2) is 4.79 Å². The van der Waals surface area contributed by atoms with Gasteiger partial charge in [-0.3, -0.25) is 0 Å². The van der Waals surface area contributed by atoms with Crippen LogP contribution in [0.15, 0.2) is 48.5 Å². The Morgan fingerprint density at radius 3 is 2.33 bits per heavy atom. The quantitative estimate of drug-likeness (QED) is 0.658. The molecule has 2 aromatic rings. The average Bonchev–Trinajstić information content (AvgIpc) is 3.25. The number of amides is 2. The molecule has 1 atom stereocenters. The SMILES string of the molecule is CN(C)C(=O)N(C)[C@@H]1CCN(CCCOc2ccc(-c3ccc(C#N)cc3)cc2)C1. The van der Waals surface area contributed by atoms with Crippen molar-refractivity contribution in [2.75, 3.05) is 47.4 Å². The number of likely N-dealkylation sites (tertiary alicyclic amines) is 1. The minimum Gasteiger partial charge on any atom is -0.494 e. The third-order valence-electron chi connectivity index (χ3n) is 5.57. The Kier molecular flexibility index (Phi) is 7.31. The van der Waals surface area contributed by atoms with Crippen LogP contribution in [0.25, 0.3) is 11.1 Å². The Morgan fingerprint density at radius 1 is 1.10 bits per heavy atom. The molecule has 0 unspecified atom stereocenters. The predicted molar refractivity (Wildman–Crippen MR) is 118 cm³/mol. The summed E-state index contributed by atoms with van der Waals surface area (Å²) in [6.45, 7) is 3.60. The van der Waals surface area contributed by atoms with E-state index in [1.807, 2.05) is 60.5 Å². The summed E-state index contributed by atoms with van der Waals surface area (Å²) in [5.74, 6) is 0.864. The lowest BCUT2D eigenvalue weighted by Gasteiger charge is -2.27. The van der Waals surface area contributed by atoms with Gasteiger partial charge in [0.25, 0.3) is 0 Å². The predicted octanol–water partition coefficient (Wildman–Crippen LogP) is 3.68. The summed E-state index contributed by atoms with van der Waals surface area (Å²) in [5, 5.41) is 8.90. The van der Waals surface area contributed by atoms with Crippen LogP contribution in [0.1, 0.15) is 18.4 Å². The van der Waals surface area contributed by atoms with Crippen molar-refractivity contribution in [2.24, 2.45) is 0 Å². The molecule has 0 bridgehead atoms. The van der Waals surface area contributed by atoms with Crippen molar-refractivity contribution in [2.45, 2.75) is 18.9 Å². The maximum atomic E-state index is 12.1. The van der Waals surface area contributed by atoms with Crippen molar-refractivity contribution in [1.29, 1.82) is 5.26 Å². The van der Waals surface area contributed by atoms with E-state index in [1.165, 1.54) is 0 Å². The van der Waals surface area contributed by atoms with Crippen LogP contribution in [-0.2, 0) is 0 Å². The van der Waals surface area contributed by atoms with Gasteiger partial charge in [0.15, 0.2) is 0 Å². The lowest BCUT2D eigenvalue weighted by Crippen LogP contribution is -2.44. The fourth-order valence-corrected chi connectivity index (χ4v) is 3.76. The average molecular weight is 407 g/mol. The lowest BCUT2D eigenvalue weighted by molar-refractivity contribution is 0.162. The van der Waals surface area contributed by atoms with Gasteiger partial charge < -0.3 is 19.4 Å². The zero-order chi connectivity index (χ0) is 21.5. The van der Waals surface area contributed by atoms with Gasteiger partial charge in [0.1, 0.15) is 5.75 Å². The summed E-state index contributed by atoms with van der Waals surface area (Å²) >= 11 is 0. The highest BCUT2D eigenvalue weighted by Gasteiger charge is 2.28. The number of carbonyl (C=O) groups excluding carboxylic acids is 1. The molecule has 0 N–H and O–H groups in total. The highest BCUT2D eigenvalue weighted by atomic mass is 16.5. The molecule has 1 fully saturated rings. The number of benzene rings is 2. The molecule has 0 saturated carbocycles. The molecule has 6 heteroatoms. The summed E-state index contributed by atoms with van der Waals surface area (Å²) < 4.78 is 5.90. The normalized spacial score (nSPS) is 16.1. The zero-order valence-electron chi connectivity index (χ0n) is 18.0. The van der Waals surface area contributed by atoms with E-state index in [0.717, 1.165) is 49.4 Å². The maximum Gasteiger partial charge on any atom is 0.319 e. The minimum atomic E-state index is 0.0645. The number of hydrogen-bond donors (Lipinski definition) is 0. The standard InChI is InChI=1S/C24H30N4O2/c1-26(2)24(29)27(3)22-13-15-28(18-22)14-4-16-30-23-11-9-21(10-12-23)20-7-5-19(17-25)6-8-20/h5-12,22H,4,13-16,18H2,1-3H3/t22-/m1/s1. The monoisotopic (exact) mass is 406 g/mol. The van der Waals surface area contributed by atoms with Gasteiger partial charge in [-0.05, 0) is 48.2 Å². The first kappa shape index (κ1) is 21.7. The summed E-state index contributed by atoms with van der Waals surface area (Å²) in [6, 6.07) is 18.1. The van der Waals surface area contributed by atoms with Crippen molar-refractivity contribution >= 4 is 6.03 Å². The Morgan fingerprint density at radius 2 is 1.73 bits per heavy atom. The summed E-state index contributed by atoms with van der Waals surface area (Å²) in [7, 11) is 5.47. The molecule has 30 heavy (non-hydrogen) atoms. The largest absolute Gasteiger partial charge is 0.494 e. The third-order valence-corrected chi connectivity index (χ3v) is 5.57. The minimum absolute atomic E-state index is 0.0645. The first-order chi connectivity index (χ1) is 14.5. The van der Waals surface area contributed by atoms with Gasteiger partial charge in [0.2, 0.25) is 0 Å². The molecular formula is C24H30N4O2. The van der Waals surface area contributed by atoms with Crippen molar-refractivity contribution in [3.8, 4) is 22.9 Å². The molecule has 0 aliphatic carbocycles. The first-order valence-corrected chi connectivity index (χ1v) is 10.4. The lowest BCUT2D eigenvalue weighted by atomic mass is 10.0. The molecule has 0 aromatic heterocycles. The maximum absolute atomic E-state index is 12.1. The van der Waals surface area contributed by atoms with Crippen molar-refractivity contribution in [3.05, 3.63) is 54.1 Å². The van der Waals surface area contributed by atoms with E-state index in [-0.39, 0.29) is 12.1 Å². The second-order valence-electron chi connectivity index (χ2n) is 7.95. The molecule has 0 spiro atoms. The number of rotatable bonds is 7. The van der Waals surface area contributed by atoms with Gasteiger partial charge in [0.05, 0.1) is 18.2 Å². The van der Waals surface area contributed by atoms with Crippen molar-refractivity contribution in [3.63, 3.8) is 0 Å². The Hall–Kier alpha value is -3.04. The second-order valence-corrected chi connectivity index (χ2v) is 7.95. The Labute approximate surface area is 179 Å². The van der Waals surface area contributed by atoms with Crippen LogP contribution in [0, 0.1) is 11.3 Å². The molecule has 1 aliphatic heterocycles. The summed E-state index contributed by atoms with van der Waals surface area (Å²) in [6.07, 6.45) is 1.98. The van der Waals surface area contributed by atoms with E-state index in [4.69, 9.17) is 10.00 Å². The van der Waals surface area contributed by atoms with E-state index in [2.05, 4.69) is 11.0 Å². The zero-order valence-corrected chi connectivity index (χ0v) is 18.0. The van der Waals surface area contributed by atoms with E-state index < -0.39 is 0 Å². The molecule has 2 amide bonds. The van der Waals surface area contributed by atoms with Crippen LogP contribution in [0.3, 0.4) is 0 Å². The fourth-order valence-electron chi connectivity index (χ4n) is 3.76. The number of carbonyl (C=O) groups is 1. The molecule has 1 aliphatic rings. The number of ether oxygens (including phenoxy) is 1. The highest BCUT2D eigenvalue weighted by molar-refractivity contribution is 5.73. The number of likely N-dealkylation sites (N-methyl/N-ethyl adjacent to an activating group) is 1. The van der Waals surface area contributed by atoms with Crippen LogP contribution in [0.4, 0.5) is 4.79 Å². The highest BCUT2D eigenvalue weighted by Crippen LogP contribution is 2.23. The van der Waals surface area contributed by atoms with E-state index >= 15 is 0 Å². The number of nitriles is 1. The fraction of sp³-hybridized carbons (Fsp3) is 0.417. The Balaban J connectivity index is 1.40. The summed E-state index contributed by atoms with van der Waals surface area (Å²) in [4.78, 5) is 18.0. The number of urea groups is 1. The number of nitrogens with zero attached hydrogens (tertiary/aromatic N) is 4. The molecule has 1 heterocycles. The topological polar surface area (TPSA) is 59.8 Å². The second kappa shape index (κ2) is 10.1. The molecule has 158 valence electrons. The molecule has 6 nitrogen and oxygen atoms in total. The molecular weight excluding hydrogens is 376 g/mol. The van der Waals surface area contributed by atoms with Crippen LogP contribution < -0.4 is 4.74 Å². The van der Waals surface area contributed by atoms with Gasteiger partial charge in [-0.2, -0.15) is 5.26 Å². The van der Waals surface area contributed by atoms with E-state index in [0.29, 0.717) is 12.2 Å². The smallest absolute Gasteiger partial charge is 0.319 e. The summed E-state index contributed by atoms with van der Waals surface area (Å²) in [5.41, 5.74) is 2.85. The van der Waals surface area contributed by atoms with Crippen LogP contribution in [0.5, 0.6) is 5.75 Å². The first-order valence-electron chi connectivity index (χ1n) is 10.4. The number of hydrogen-bond acceptors (Lipinski definition) is 4. The van der Waals surface area contributed by atoms with Gasteiger partial charge in [-0.15, -0.1) is 0 Å². The van der Waals surface area contributed by atoms with Gasteiger partial charge in [0, 0.05) is 46.8 Å². The van der Waals surface area contributed by atoms with Crippen molar-refractivity contribution in [1.82, 2.24) is 14.7 Å². The van der Waals surface area contributed by atoms with E-state index in [9.17, 15) is 4.79 Å². The third kappa shape index (κ3) is 5.52. The molecule has 1 saturated heterocycles. The van der Waals surface area contributed by atoms with Gasteiger partial charge in [-0.1, -0.05) is 24.3 Å². The van der Waals surface area contributed by atoms with Crippen molar-refractivity contribution < 1.29 is 9.53 Å². The van der Waals surface area contributed by atoms with Gasteiger partial charge >= 0.3 is 6.03 Å². The van der Waals surface area contributed by atoms with Crippen LogP contribution >= 0.6 is 0 Å². The van der Waals surface area contributed by atoms with Crippen LogP contribution in [0.2, 0.25) is 0 Å². The Bertz CT molecular complexity index is 872. The molecule has 3 rings (SSSR count).